The molecule has 2 aromatic rings. The summed E-state index contributed by atoms with van der Waals surface area (Å²) in [6.07, 6.45) is 1.25. The van der Waals surface area contributed by atoms with Crippen LogP contribution in [-0.2, 0) is 9.59 Å². The van der Waals surface area contributed by atoms with E-state index >= 15 is 0 Å². The Labute approximate surface area is 172 Å². The Morgan fingerprint density at radius 1 is 1.17 bits per heavy atom. The fraction of sp³-hybridized carbons (Fsp3) is 0.200. The average Bonchev–Trinajstić information content (AvgIpc) is 2.98. The molecule has 0 unspecified atom stereocenters. The van der Waals surface area contributed by atoms with Crippen LogP contribution in [-0.4, -0.2) is 52.8 Å². The maximum absolute atomic E-state index is 12.7. The Bertz CT molecular complexity index is 955. The van der Waals surface area contributed by atoms with E-state index in [0.717, 1.165) is 23.0 Å². The molecule has 150 valence electrons. The smallest absolute Gasteiger partial charge is 0.305 e. The number of carbonyl (C=O) groups excluding carboxylic acids is 1. The molecule has 1 aliphatic rings. The van der Waals surface area contributed by atoms with Crippen LogP contribution in [0.4, 0.5) is 11.4 Å². The van der Waals surface area contributed by atoms with E-state index in [1.165, 1.54) is 17.0 Å². The van der Waals surface area contributed by atoms with E-state index in [4.69, 9.17) is 5.11 Å². The van der Waals surface area contributed by atoms with Crippen molar-refractivity contribution in [2.45, 2.75) is 11.7 Å². The van der Waals surface area contributed by atoms with E-state index in [0.29, 0.717) is 5.69 Å². The third kappa shape index (κ3) is 4.94. The number of amides is 1. The van der Waals surface area contributed by atoms with Crippen LogP contribution in [0.5, 0.6) is 5.75 Å². The highest BCUT2D eigenvalue weighted by Crippen LogP contribution is 2.34. The second-order valence-corrected chi connectivity index (χ2v) is 7.68. The summed E-state index contributed by atoms with van der Waals surface area (Å²) in [6.45, 7) is 0. The van der Waals surface area contributed by atoms with E-state index in [1.807, 2.05) is 43.3 Å². The molecule has 0 spiro atoms. The SMILES string of the molecule is CN(C)c1ccc(/C=N\N=C2/S[C@@H](CC(=O)O)C(=O)N2c2ccc(O)cc2)cc1. The molecule has 0 bridgehead atoms. The maximum Gasteiger partial charge on any atom is 0.305 e. The Morgan fingerprint density at radius 3 is 2.41 bits per heavy atom. The van der Waals surface area contributed by atoms with Crippen molar-refractivity contribution in [1.82, 2.24) is 0 Å². The van der Waals surface area contributed by atoms with E-state index in [1.54, 1.807) is 18.3 Å². The molecule has 0 aromatic heterocycles. The molecule has 29 heavy (non-hydrogen) atoms. The van der Waals surface area contributed by atoms with Crippen LogP contribution >= 0.6 is 11.8 Å². The fourth-order valence-corrected chi connectivity index (χ4v) is 3.75. The molecule has 1 fully saturated rings. The van der Waals surface area contributed by atoms with Crippen molar-refractivity contribution in [3.8, 4) is 5.75 Å². The largest absolute Gasteiger partial charge is 0.508 e. The van der Waals surface area contributed by atoms with Crippen molar-refractivity contribution in [1.29, 1.82) is 0 Å². The Kier molecular flexibility index (Phi) is 6.18. The topological polar surface area (TPSA) is 106 Å². The lowest BCUT2D eigenvalue weighted by Crippen LogP contribution is -2.32. The predicted octanol–water partition coefficient (Wildman–Crippen LogP) is 2.77. The molecule has 0 aliphatic carbocycles. The Morgan fingerprint density at radius 2 is 1.83 bits per heavy atom. The number of hydrogen-bond acceptors (Lipinski definition) is 7. The fourth-order valence-electron chi connectivity index (χ4n) is 2.67. The lowest BCUT2D eigenvalue weighted by Gasteiger charge is -2.15. The van der Waals surface area contributed by atoms with Crippen molar-refractivity contribution in [2.24, 2.45) is 10.2 Å². The van der Waals surface area contributed by atoms with E-state index in [2.05, 4.69) is 10.2 Å². The van der Waals surface area contributed by atoms with Crippen molar-refractivity contribution in [3.63, 3.8) is 0 Å². The molecule has 1 aliphatic heterocycles. The van der Waals surface area contributed by atoms with Crippen molar-refractivity contribution in [2.75, 3.05) is 23.9 Å². The number of amidine groups is 1. The number of aliphatic carboxylic acids is 1. The number of carbonyl (C=O) groups is 2. The van der Waals surface area contributed by atoms with Gasteiger partial charge in [0.1, 0.15) is 11.0 Å². The normalized spacial score (nSPS) is 18.0. The first-order valence-electron chi connectivity index (χ1n) is 8.75. The van der Waals surface area contributed by atoms with E-state index < -0.39 is 11.2 Å². The molecule has 8 nitrogen and oxygen atoms in total. The average molecular weight is 412 g/mol. The minimum absolute atomic E-state index is 0.0628. The summed E-state index contributed by atoms with van der Waals surface area (Å²) in [5, 5.41) is 26.3. The predicted molar refractivity (Wildman–Crippen MR) is 115 cm³/mol. The number of anilines is 2. The minimum Gasteiger partial charge on any atom is -0.508 e. The second kappa shape index (κ2) is 8.78. The number of thioether (sulfide) groups is 1. The van der Waals surface area contributed by atoms with Gasteiger partial charge in [0.2, 0.25) is 5.91 Å². The van der Waals surface area contributed by atoms with Crippen LogP contribution < -0.4 is 9.80 Å². The molecule has 0 saturated carbocycles. The van der Waals surface area contributed by atoms with Crippen LogP contribution in [0.25, 0.3) is 0 Å². The lowest BCUT2D eigenvalue weighted by atomic mass is 10.2. The first kappa shape index (κ1) is 20.4. The van der Waals surface area contributed by atoms with Crippen molar-refractivity contribution < 1.29 is 19.8 Å². The quantitative estimate of drug-likeness (QED) is 0.558. The number of aromatic hydroxyl groups is 1. The lowest BCUT2D eigenvalue weighted by molar-refractivity contribution is -0.138. The van der Waals surface area contributed by atoms with Crippen molar-refractivity contribution in [3.05, 3.63) is 54.1 Å². The summed E-state index contributed by atoms with van der Waals surface area (Å²) in [7, 11) is 3.91. The number of hydrogen-bond donors (Lipinski definition) is 2. The van der Waals surface area contributed by atoms with Gasteiger partial charge in [0, 0.05) is 19.8 Å². The van der Waals surface area contributed by atoms with Crippen LogP contribution in [0.1, 0.15) is 12.0 Å². The van der Waals surface area contributed by atoms with Crippen LogP contribution in [0.2, 0.25) is 0 Å². The Hall–Kier alpha value is -3.33. The molecular weight excluding hydrogens is 392 g/mol. The molecule has 0 radical (unpaired) electrons. The molecule has 1 heterocycles. The summed E-state index contributed by atoms with van der Waals surface area (Å²) < 4.78 is 0. The van der Waals surface area contributed by atoms with Gasteiger partial charge in [0.05, 0.1) is 18.3 Å². The monoisotopic (exact) mass is 412 g/mol. The molecule has 9 heteroatoms. The number of phenols is 1. The number of carboxylic acid groups (broad SMARTS) is 1. The molecular formula is C20H20N4O4S. The standard InChI is InChI=1S/C20H20N4O4S/c1-23(2)14-5-3-13(4-6-14)12-21-22-20-24(15-7-9-16(25)10-8-15)19(28)17(29-20)11-18(26)27/h3-10,12,17,25H,11H2,1-2H3,(H,26,27)/b21-12-,22-20-/t17-/m0/s1. The van der Waals surface area contributed by atoms with Gasteiger partial charge in [0.15, 0.2) is 5.17 Å². The summed E-state index contributed by atoms with van der Waals surface area (Å²) in [5.41, 5.74) is 2.38. The van der Waals surface area contributed by atoms with Gasteiger partial charge >= 0.3 is 5.97 Å². The first-order valence-corrected chi connectivity index (χ1v) is 9.63. The van der Waals surface area contributed by atoms with Crippen LogP contribution in [0.15, 0.2) is 58.7 Å². The van der Waals surface area contributed by atoms with Gasteiger partial charge in [-0.05, 0) is 42.0 Å². The second-order valence-electron chi connectivity index (χ2n) is 6.51. The van der Waals surface area contributed by atoms with Gasteiger partial charge < -0.3 is 15.1 Å². The number of carboxylic acids is 1. The van der Waals surface area contributed by atoms with Gasteiger partial charge in [-0.25, -0.2) is 0 Å². The molecule has 1 amide bonds. The van der Waals surface area contributed by atoms with Crippen molar-refractivity contribution >= 4 is 46.4 Å². The molecule has 2 aromatic carbocycles. The first-order chi connectivity index (χ1) is 13.8. The van der Waals surface area contributed by atoms with Gasteiger partial charge in [-0.1, -0.05) is 23.9 Å². The summed E-state index contributed by atoms with van der Waals surface area (Å²) >= 11 is 1.06. The molecule has 3 rings (SSSR count). The van der Waals surface area contributed by atoms with Gasteiger partial charge in [-0.15, -0.1) is 5.10 Å². The van der Waals surface area contributed by atoms with Gasteiger partial charge in [-0.2, -0.15) is 5.10 Å². The third-order valence-corrected chi connectivity index (χ3v) is 5.29. The molecule has 1 atom stereocenters. The van der Waals surface area contributed by atoms with E-state index in [9.17, 15) is 14.7 Å². The summed E-state index contributed by atoms with van der Waals surface area (Å²) in [6, 6.07) is 13.7. The van der Waals surface area contributed by atoms with E-state index in [-0.39, 0.29) is 23.2 Å². The summed E-state index contributed by atoms with van der Waals surface area (Å²) in [5.74, 6) is -1.38. The molecule has 2 N–H and O–H groups in total. The van der Waals surface area contributed by atoms with Crippen LogP contribution in [0, 0.1) is 0 Å². The third-order valence-electron chi connectivity index (χ3n) is 4.16. The highest BCUT2D eigenvalue weighted by atomic mass is 32.2. The van der Waals surface area contributed by atoms with Gasteiger partial charge in [0.25, 0.3) is 0 Å². The Balaban J connectivity index is 1.85. The zero-order valence-corrected chi connectivity index (χ0v) is 16.7. The zero-order valence-electron chi connectivity index (χ0n) is 15.9. The van der Waals surface area contributed by atoms with Crippen LogP contribution in [0.3, 0.4) is 0 Å². The van der Waals surface area contributed by atoms with Gasteiger partial charge in [-0.3, -0.25) is 14.5 Å². The zero-order chi connectivity index (χ0) is 21.0. The highest BCUT2D eigenvalue weighted by Gasteiger charge is 2.40. The highest BCUT2D eigenvalue weighted by molar-refractivity contribution is 8.16. The number of benzene rings is 2. The maximum atomic E-state index is 12.7. The minimum atomic E-state index is -1.06. The number of nitrogens with zero attached hydrogens (tertiary/aromatic N) is 4. The number of rotatable bonds is 6. The molecule has 1 saturated heterocycles. The number of phenolic OH excluding ortho intramolecular Hbond substituents is 1. The summed E-state index contributed by atoms with van der Waals surface area (Å²) in [4.78, 5) is 27.1.